The lowest BCUT2D eigenvalue weighted by Gasteiger charge is -2.37. The molecular weight excluding hydrogens is 269 g/mol. The van der Waals surface area contributed by atoms with Gasteiger partial charge in [-0.05, 0) is 18.9 Å². The van der Waals surface area contributed by atoms with Crippen LogP contribution in [0.4, 0.5) is 4.39 Å². The summed E-state index contributed by atoms with van der Waals surface area (Å²) >= 11 is 5.90. The molecule has 19 heavy (non-hydrogen) atoms. The van der Waals surface area contributed by atoms with Crippen LogP contribution in [0.15, 0.2) is 6.07 Å². The van der Waals surface area contributed by atoms with E-state index in [2.05, 4.69) is 0 Å². The van der Waals surface area contributed by atoms with Crippen molar-refractivity contribution in [1.82, 2.24) is 0 Å². The number of hydrogen-bond donors (Lipinski definition) is 2. The molecule has 1 aromatic rings. The molecule has 1 fully saturated rings. The van der Waals surface area contributed by atoms with E-state index in [-0.39, 0.29) is 16.2 Å². The zero-order chi connectivity index (χ0) is 14.0. The Hall–Kier alpha value is -1.00. The highest BCUT2D eigenvalue weighted by molar-refractivity contribution is 6.32. The predicted octanol–water partition coefficient (Wildman–Crippen LogP) is 3.35. The second-order valence-electron chi connectivity index (χ2n) is 5.15. The summed E-state index contributed by atoms with van der Waals surface area (Å²) < 4.78 is 19.2. The number of ether oxygens (including phenoxy) is 1. The predicted molar refractivity (Wildman–Crippen MR) is 73.4 cm³/mol. The fraction of sp³-hybridized carbons (Fsp3) is 0.571. The number of phenols is 1. The first-order chi connectivity index (χ1) is 9.05. The van der Waals surface area contributed by atoms with E-state index in [0.29, 0.717) is 12.1 Å². The van der Waals surface area contributed by atoms with Crippen LogP contribution in [0.2, 0.25) is 5.02 Å². The van der Waals surface area contributed by atoms with Crippen molar-refractivity contribution in [3.8, 4) is 11.5 Å². The standard InChI is InChI=1S/C14H19ClFNO2/c1-19-13-9(7-10(15)12(18)11(13)16)14(8-17)5-3-2-4-6-14/h7,18H,2-6,8,17H2,1H3. The highest BCUT2D eigenvalue weighted by Crippen LogP contribution is 2.47. The molecule has 0 atom stereocenters. The molecule has 0 bridgehead atoms. The number of benzene rings is 1. The molecule has 1 aliphatic carbocycles. The fourth-order valence-corrected chi connectivity index (χ4v) is 3.19. The molecule has 0 amide bonds. The topological polar surface area (TPSA) is 55.5 Å². The van der Waals surface area contributed by atoms with Gasteiger partial charge in [-0.1, -0.05) is 30.9 Å². The van der Waals surface area contributed by atoms with Gasteiger partial charge >= 0.3 is 0 Å². The number of methoxy groups -OCH3 is 1. The van der Waals surface area contributed by atoms with Gasteiger partial charge < -0.3 is 15.6 Å². The first-order valence-electron chi connectivity index (χ1n) is 6.51. The fourth-order valence-electron chi connectivity index (χ4n) is 3.00. The lowest BCUT2D eigenvalue weighted by Crippen LogP contribution is -2.37. The Bertz CT molecular complexity index is 473. The summed E-state index contributed by atoms with van der Waals surface area (Å²) in [5, 5.41) is 9.59. The van der Waals surface area contributed by atoms with Gasteiger partial charge in [-0.2, -0.15) is 4.39 Å². The SMILES string of the molecule is COc1c(C2(CN)CCCCC2)cc(Cl)c(O)c1F. The van der Waals surface area contributed by atoms with Crippen molar-refractivity contribution in [3.05, 3.63) is 22.5 Å². The zero-order valence-corrected chi connectivity index (χ0v) is 11.8. The second kappa shape index (κ2) is 5.55. The monoisotopic (exact) mass is 287 g/mol. The van der Waals surface area contributed by atoms with Gasteiger partial charge in [0.2, 0.25) is 5.82 Å². The van der Waals surface area contributed by atoms with Crippen molar-refractivity contribution in [2.24, 2.45) is 5.73 Å². The van der Waals surface area contributed by atoms with E-state index < -0.39 is 11.6 Å². The molecular formula is C14H19ClFNO2. The van der Waals surface area contributed by atoms with E-state index in [1.807, 2.05) is 0 Å². The Morgan fingerprint density at radius 3 is 2.58 bits per heavy atom. The lowest BCUT2D eigenvalue weighted by molar-refractivity contribution is 0.280. The van der Waals surface area contributed by atoms with E-state index in [1.54, 1.807) is 6.07 Å². The van der Waals surface area contributed by atoms with Crippen LogP contribution in [0.25, 0.3) is 0 Å². The Balaban J connectivity index is 2.59. The molecule has 3 nitrogen and oxygen atoms in total. The first-order valence-corrected chi connectivity index (χ1v) is 6.89. The largest absolute Gasteiger partial charge is 0.504 e. The van der Waals surface area contributed by atoms with Gasteiger partial charge in [-0.3, -0.25) is 0 Å². The first kappa shape index (κ1) is 14.4. The number of halogens is 2. The molecule has 0 aliphatic heterocycles. The Morgan fingerprint density at radius 2 is 2.05 bits per heavy atom. The van der Waals surface area contributed by atoms with Gasteiger partial charge in [0, 0.05) is 17.5 Å². The maximum absolute atomic E-state index is 14.1. The average molecular weight is 288 g/mol. The van der Waals surface area contributed by atoms with Crippen LogP contribution in [0.5, 0.6) is 11.5 Å². The number of hydrogen-bond acceptors (Lipinski definition) is 3. The molecule has 5 heteroatoms. The van der Waals surface area contributed by atoms with Crippen molar-refractivity contribution in [2.75, 3.05) is 13.7 Å². The molecule has 106 valence electrons. The average Bonchev–Trinajstić information content (AvgIpc) is 2.45. The summed E-state index contributed by atoms with van der Waals surface area (Å²) in [6.07, 6.45) is 5.06. The number of phenolic OH excluding ortho intramolecular Hbond substituents is 1. The molecule has 1 aromatic carbocycles. The number of rotatable bonds is 3. The van der Waals surface area contributed by atoms with Crippen molar-refractivity contribution in [2.45, 2.75) is 37.5 Å². The molecule has 0 spiro atoms. The van der Waals surface area contributed by atoms with Crippen LogP contribution < -0.4 is 10.5 Å². The summed E-state index contributed by atoms with van der Waals surface area (Å²) in [7, 11) is 1.39. The van der Waals surface area contributed by atoms with E-state index in [4.69, 9.17) is 22.1 Å². The molecule has 0 radical (unpaired) electrons. The Kier molecular flexibility index (Phi) is 4.21. The highest BCUT2D eigenvalue weighted by atomic mass is 35.5. The van der Waals surface area contributed by atoms with E-state index >= 15 is 0 Å². The van der Waals surface area contributed by atoms with Crippen molar-refractivity contribution in [3.63, 3.8) is 0 Å². The van der Waals surface area contributed by atoms with Gasteiger partial charge in [0.05, 0.1) is 12.1 Å². The third-order valence-electron chi connectivity index (χ3n) is 4.13. The van der Waals surface area contributed by atoms with Gasteiger partial charge in [0.25, 0.3) is 0 Å². The van der Waals surface area contributed by atoms with Crippen LogP contribution >= 0.6 is 11.6 Å². The molecule has 0 aromatic heterocycles. The minimum absolute atomic E-state index is 0.00620. The van der Waals surface area contributed by atoms with Crippen LogP contribution in [-0.2, 0) is 5.41 Å². The van der Waals surface area contributed by atoms with E-state index in [0.717, 1.165) is 25.7 Å². The second-order valence-corrected chi connectivity index (χ2v) is 5.55. The maximum Gasteiger partial charge on any atom is 0.208 e. The summed E-state index contributed by atoms with van der Waals surface area (Å²) in [5.74, 6) is -1.30. The summed E-state index contributed by atoms with van der Waals surface area (Å²) in [4.78, 5) is 0. The molecule has 1 aliphatic rings. The maximum atomic E-state index is 14.1. The van der Waals surface area contributed by atoms with Crippen molar-refractivity contribution >= 4 is 11.6 Å². The normalized spacial score (nSPS) is 18.3. The van der Waals surface area contributed by atoms with Gasteiger partial charge in [0.15, 0.2) is 11.5 Å². The third kappa shape index (κ3) is 2.39. The summed E-state index contributed by atoms with van der Waals surface area (Å²) in [6.45, 7) is 0.421. The smallest absolute Gasteiger partial charge is 0.208 e. The quantitative estimate of drug-likeness (QED) is 0.896. The Labute approximate surface area is 117 Å². The number of nitrogens with two attached hydrogens (primary N) is 1. The molecule has 0 saturated heterocycles. The molecule has 3 N–H and O–H groups in total. The minimum atomic E-state index is -0.802. The van der Waals surface area contributed by atoms with Gasteiger partial charge in [-0.15, -0.1) is 0 Å². The van der Waals surface area contributed by atoms with Crippen LogP contribution in [0.1, 0.15) is 37.7 Å². The summed E-state index contributed by atoms with van der Waals surface area (Å²) in [6, 6.07) is 1.59. The van der Waals surface area contributed by atoms with Crippen molar-refractivity contribution < 1.29 is 14.2 Å². The number of aromatic hydroxyl groups is 1. The van der Waals surface area contributed by atoms with Crippen molar-refractivity contribution in [1.29, 1.82) is 0 Å². The molecule has 0 heterocycles. The molecule has 0 unspecified atom stereocenters. The zero-order valence-electron chi connectivity index (χ0n) is 11.0. The highest BCUT2D eigenvalue weighted by Gasteiger charge is 2.37. The van der Waals surface area contributed by atoms with E-state index in [9.17, 15) is 9.50 Å². The van der Waals surface area contributed by atoms with E-state index in [1.165, 1.54) is 13.5 Å². The van der Waals surface area contributed by atoms with Crippen LogP contribution in [0, 0.1) is 5.82 Å². The van der Waals surface area contributed by atoms with Crippen LogP contribution in [0.3, 0.4) is 0 Å². The Morgan fingerprint density at radius 1 is 1.42 bits per heavy atom. The lowest BCUT2D eigenvalue weighted by atomic mass is 9.69. The van der Waals surface area contributed by atoms with Gasteiger partial charge in [-0.25, -0.2) is 0 Å². The molecule has 2 rings (SSSR count). The minimum Gasteiger partial charge on any atom is -0.504 e. The third-order valence-corrected chi connectivity index (χ3v) is 4.41. The molecule has 1 saturated carbocycles. The summed E-state index contributed by atoms with van der Waals surface area (Å²) in [5.41, 5.74) is 6.32. The van der Waals surface area contributed by atoms with Gasteiger partial charge in [0.1, 0.15) is 0 Å². The van der Waals surface area contributed by atoms with Crippen LogP contribution in [-0.4, -0.2) is 18.8 Å².